The van der Waals surface area contributed by atoms with E-state index < -0.39 is 11.9 Å². The Morgan fingerprint density at radius 2 is 2.04 bits per heavy atom. The number of morpholine rings is 1. The highest BCUT2D eigenvalue weighted by molar-refractivity contribution is 5.41. The average molecular weight is 331 g/mol. The van der Waals surface area contributed by atoms with Crippen molar-refractivity contribution in [2.45, 2.75) is 19.1 Å². The molecule has 4 nitrogen and oxygen atoms in total. The van der Waals surface area contributed by atoms with E-state index in [2.05, 4.69) is 5.32 Å². The zero-order chi connectivity index (χ0) is 16.8. The second kappa shape index (κ2) is 8.13. The van der Waals surface area contributed by atoms with E-state index in [4.69, 9.17) is 14.2 Å². The van der Waals surface area contributed by atoms with Crippen molar-refractivity contribution >= 4 is 0 Å². The Labute approximate surface area is 141 Å². The van der Waals surface area contributed by atoms with E-state index in [9.17, 15) is 4.39 Å². The van der Waals surface area contributed by atoms with Crippen LogP contribution in [0.3, 0.4) is 0 Å². The van der Waals surface area contributed by atoms with E-state index in [-0.39, 0.29) is 11.9 Å². The molecule has 0 unspecified atom stereocenters. The average Bonchev–Trinajstić information content (AvgIpc) is 2.63. The number of halogens is 1. The van der Waals surface area contributed by atoms with Crippen LogP contribution >= 0.6 is 0 Å². The summed E-state index contributed by atoms with van der Waals surface area (Å²) in [5.74, 6) is 0.0928. The summed E-state index contributed by atoms with van der Waals surface area (Å²) in [4.78, 5) is 0. The predicted molar refractivity (Wildman–Crippen MR) is 90.0 cm³/mol. The van der Waals surface area contributed by atoms with E-state index in [0.29, 0.717) is 25.5 Å². The largest absolute Gasteiger partial charge is 0.490 e. The van der Waals surface area contributed by atoms with Crippen LogP contribution in [-0.2, 0) is 4.74 Å². The van der Waals surface area contributed by atoms with Gasteiger partial charge >= 0.3 is 0 Å². The highest BCUT2D eigenvalue weighted by Crippen LogP contribution is 2.35. The minimum Gasteiger partial charge on any atom is -0.490 e. The highest BCUT2D eigenvalue weighted by atomic mass is 19.1. The van der Waals surface area contributed by atoms with Crippen LogP contribution in [0.15, 0.2) is 48.5 Å². The van der Waals surface area contributed by atoms with Crippen LogP contribution in [0, 0.1) is 5.82 Å². The van der Waals surface area contributed by atoms with Gasteiger partial charge in [0.25, 0.3) is 0 Å². The molecule has 2 aromatic carbocycles. The lowest BCUT2D eigenvalue weighted by Crippen LogP contribution is -2.43. The Morgan fingerprint density at radius 1 is 1.21 bits per heavy atom. The molecule has 0 amide bonds. The van der Waals surface area contributed by atoms with Crippen molar-refractivity contribution in [3.8, 4) is 11.5 Å². The second-order valence-electron chi connectivity index (χ2n) is 5.56. The molecule has 0 radical (unpaired) electrons. The van der Waals surface area contributed by atoms with Gasteiger partial charge in [-0.1, -0.05) is 36.4 Å². The number of benzene rings is 2. The molecule has 0 saturated carbocycles. The van der Waals surface area contributed by atoms with Gasteiger partial charge in [-0.2, -0.15) is 0 Å². The summed E-state index contributed by atoms with van der Waals surface area (Å²) in [6, 6.07) is 14.4. The summed E-state index contributed by atoms with van der Waals surface area (Å²) in [6.07, 6.45) is -0.620. The molecular weight excluding hydrogens is 309 g/mol. The van der Waals surface area contributed by atoms with E-state index in [1.807, 2.05) is 37.3 Å². The van der Waals surface area contributed by atoms with Crippen molar-refractivity contribution in [2.75, 3.05) is 26.3 Å². The third-order valence-electron chi connectivity index (χ3n) is 3.90. The summed E-state index contributed by atoms with van der Waals surface area (Å²) < 4.78 is 31.8. The van der Waals surface area contributed by atoms with Crippen molar-refractivity contribution in [1.29, 1.82) is 0 Å². The Kier molecular flexibility index (Phi) is 5.67. The number of nitrogens with one attached hydrogen (secondary N) is 1. The predicted octanol–water partition coefficient (Wildman–Crippen LogP) is 3.33. The smallest absolute Gasteiger partial charge is 0.197 e. The van der Waals surface area contributed by atoms with Gasteiger partial charge in [0, 0.05) is 13.1 Å². The molecule has 0 bridgehead atoms. The zero-order valence-corrected chi connectivity index (χ0v) is 13.7. The van der Waals surface area contributed by atoms with Crippen LogP contribution in [0.4, 0.5) is 4.39 Å². The normalized spacial score (nSPS) is 18.8. The summed E-state index contributed by atoms with van der Waals surface area (Å²) in [7, 11) is 0. The Morgan fingerprint density at radius 3 is 2.75 bits per heavy atom. The molecule has 2 atom stereocenters. The van der Waals surface area contributed by atoms with E-state index >= 15 is 0 Å². The van der Waals surface area contributed by atoms with E-state index in [0.717, 1.165) is 12.1 Å². The van der Waals surface area contributed by atoms with Gasteiger partial charge in [0.1, 0.15) is 6.10 Å². The third kappa shape index (κ3) is 3.86. The molecule has 2 aromatic rings. The minimum atomic E-state index is -0.439. The quantitative estimate of drug-likeness (QED) is 0.881. The Balaban J connectivity index is 1.92. The lowest BCUT2D eigenvalue weighted by atomic mass is 10.0. The molecule has 5 heteroatoms. The first kappa shape index (κ1) is 16.7. The van der Waals surface area contributed by atoms with E-state index in [1.165, 1.54) is 6.07 Å². The first-order chi connectivity index (χ1) is 11.8. The monoisotopic (exact) mass is 331 g/mol. The topological polar surface area (TPSA) is 39.7 Å². The molecular formula is C19H22FNO3. The van der Waals surface area contributed by atoms with Gasteiger partial charge in [-0.25, -0.2) is 4.39 Å². The van der Waals surface area contributed by atoms with Crippen molar-refractivity contribution in [1.82, 2.24) is 5.32 Å². The molecule has 128 valence electrons. The summed E-state index contributed by atoms with van der Waals surface area (Å²) in [6.45, 7) is 4.36. The van der Waals surface area contributed by atoms with Crippen LogP contribution in [0.2, 0.25) is 0 Å². The van der Waals surface area contributed by atoms with Gasteiger partial charge in [0.15, 0.2) is 23.4 Å². The van der Waals surface area contributed by atoms with Crippen LogP contribution in [0.1, 0.15) is 18.6 Å². The van der Waals surface area contributed by atoms with Crippen molar-refractivity contribution in [2.24, 2.45) is 0 Å². The molecule has 1 aliphatic heterocycles. The molecule has 1 fully saturated rings. The maximum absolute atomic E-state index is 14.4. The van der Waals surface area contributed by atoms with Crippen LogP contribution in [-0.4, -0.2) is 32.4 Å². The highest BCUT2D eigenvalue weighted by Gasteiger charge is 2.29. The van der Waals surface area contributed by atoms with Crippen molar-refractivity contribution < 1.29 is 18.6 Å². The molecule has 1 N–H and O–H groups in total. The van der Waals surface area contributed by atoms with Gasteiger partial charge in [-0.3, -0.25) is 0 Å². The maximum atomic E-state index is 14.4. The fourth-order valence-electron chi connectivity index (χ4n) is 2.78. The van der Waals surface area contributed by atoms with Crippen LogP contribution in [0.25, 0.3) is 0 Å². The third-order valence-corrected chi connectivity index (χ3v) is 3.90. The molecule has 0 spiro atoms. The van der Waals surface area contributed by atoms with E-state index in [1.54, 1.807) is 12.1 Å². The number of ether oxygens (including phenoxy) is 3. The van der Waals surface area contributed by atoms with Gasteiger partial charge < -0.3 is 19.5 Å². The first-order valence-corrected chi connectivity index (χ1v) is 8.25. The Bertz CT molecular complexity index is 644. The molecule has 0 aromatic heterocycles. The van der Waals surface area contributed by atoms with Gasteiger partial charge in [0.05, 0.1) is 13.2 Å². The van der Waals surface area contributed by atoms with Crippen LogP contribution in [0.5, 0.6) is 11.5 Å². The standard InChI is InChI=1S/C19H22FNO3/c1-2-22-16-10-6-9-15(20)19(16)24-18(14-7-4-3-5-8-14)17-13-21-11-12-23-17/h3-10,17-18,21H,2,11-13H2,1H3/t17-,18-/m0/s1. The van der Waals surface area contributed by atoms with Crippen LogP contribution < -0.4 is 14.8 Å². The zero-order valence-electron chi connectivity index (χ0n) is 13.7. The minimum absolute atomic E-state index is 0.127. The number of rotatable bonds is 6. The molecule has 1 aliphatic rings. The fourth-order valence-corrected chi connectivity index (χ4v) is 2.78. The van der Waals surface area contributed by atoms with Gasteiger partial charge in [-0.05, 0) is 24.6 Å². The molecule has 1 heterocycles. The molecule has 3 rings (SSSR count). The number of para-hydroxylation sites is 1. The Hall–Kier alpha value is -2.11. The SMILES string of the molecule is CCOc1cccc(F)c1O[C@@H](c1ccccc1)[C@@H]1CNCCO1. The van der Waals surface area contributed by atoms with Crippen molar-refractivity contribution in [3.05, 3.63) is 59.9 Å². The van der Waals surface area contributed by atoms with Gasteiger partial charge in [-0.15, -0.1) is 0 Å². The maximum Gasteiger partial charge on any atom is 0.197 e. The molecule has 1 saturated heterocycles. The summed E-state index contributed by atoms with van der Waals surface area (Å²) >= 11 is 0. The van der Waals surface area contributed by atoms with Gasteiger partial charge in [0.2, 0.25) is 0 Å². The molecule has 24 heavy (non-hydrogen) atoms. The number of hydrogen-bond donors (Lipinski definition) is 1. The number of hydrogen-bond acceptors (Lipinski definition) is 4. The van der Waals surface area contributed by atoms with Crippen molar-refractivity contribution in [3.63, 3.8) is 0 Å². The second-order valence-corrected chi connectivity index (χ2v) is 5.56. The first-order valence-electron chi connectivity index (χ1n) is 8.25. The fraction of sp³-hybridized carbons (Fsp3) is 0.368. The summed E-state index contributed by atoms with van der Waals surface area (Å²) in [5.41, 5.74) is 0.942. The lowest BCUT2D eigenvalue weighted by Gasteiger charge is -2.32. The lowest BCUT2D eigenvalue weighted by molar-refractivity contribution is -0.0449. The summed E-state index contributed by atoms with van der Waals surface area (Å²) in [5, 5.41) is 3.30. The molecule has 0 aliphatic carbocycles.